The van der Waals surface area contributed by atoms with Crippen molar-refractivity contribution in [3.63, 3.8) is 0 Å². The molecule has 5 heteroatoms. The first-order valence-electron chi connectivity index (χ1n) is 5.60. The second-order valence-electron chi connectivity index (χ2n) is 4.21. The van der Waals surface area contributed by atoms with E-state index in [0.29, 0.717) is 17.1 Å². The molecule has 0 atom stereocenters. The summed E-state index contributed by atoms with van der Waals surface area (Å²) in [4.78, 5) is 12.1. The molecule has 2 rings (SSSR count). The predicted octanol–water partition coefficient (Wildman–Crippen LogP) is 2.43. The van der Waals surface area contributed by atoms with Crippen molar-refractivity contribution in [1.82, 2.24) is 5.16 Å². The summed E-state index contributed by atoms with van der Waals surface area (Å²) in [5.74, 6) is 0.0638. The van der Waals surface area contributed by atoms with E-state index in [2.05, 4.69) is 10.5 Å². The third-order valence-corrected chi connectivity index (χ3v) is 2.95. The van der Waals surface area contributed by atoms with Crippen molar-refractivity contribution in [3.8, 4) is 0 Å². The van der Waals surface area contributed by atoms with Gasteiger partial charge in [-0.25, -0.2) is 0 Å². The molecule has 0 saturated carbocycles. The maximum atomic E-state index is 12.1. The molecule has 1 amide bonds. The van der Waals surface area contributed by atoms with E-state index >= 15 is 0 Å². The summed E-state index contributed by atoms with van der Waals surface area (Å²) < 4.78 is 5.03. The summed E-state index contributed by atoms with van der Waals surface area (Å²) in [5, 5.41) is 6.45. The average molecular weight is 245 g/mol. The Morgan fingerprint density at radius 1 is 1.33 bits per heavy atom. The molecule has 0 saturated heterocycles. The highest BCUT2D eigenvalue weighted by Crippen LogP contribution is 2.21. The van der Waals surface area contributed by atoms with Gasteiger partial charge in [-0.3, -0.25) is 10.1 Å². The number of rotatable bonds is 2. The van der Waals surface area contributed by atoms with Crippen LogP contribution in [0.3, 0.4) is 0 Å². The Morgan fingerprint density at radius 2 is 2.06 bits per heavy atom. The van der Waals surface area contributed by atoms with E-state index in [9.17, 15) is 4.79 Å². The lowest BCUT2D eigenvalue weighted by atomic mass is 10.1. The lowest BCUT2D eigenvalue weighted by Crippen LogP contribution is -2.14. The van der Waals surface area contributed by atoms with Gasteiger partial charge in [0, 0.05) is 11.3 Å². The zero-order chi connectivity index (χ0) is 13.3. The number of hydrogen-bond acceptors (Lipinski definition) is 4. The number of carbonyl (C=O) groups excluding carboxylic acids is 1. The molecular weight excluding hydrogens is 230 g/mol. The number of carbonyl (C=O) groups is 1. The lowest BCUT2D eigenvalue weighted by molar-refractivity contribution is 0.102. The first-order chi connectivity index (χ1) is 8.50. The number of aromatic nitrogens is 1. The molecule has 0 fully saturated rings. The maximum Gasteiger partial charge on any atom is 0.260 e. The topological polar surface area (TPSA) is 81.2 Å². The second-order valence-corrected chi connectivity index (χ2v) is 4.21. The molecule has 0 bridgehead atoms. The van der Waals surface area contributed by atoms with Crippen LogP contribution in [-0.2, 0) is 0 Å². The Hall–Kier alpha value is -2.30. The van der Waals surface area contributed by atoms with Gasteiger partial charge >= 0.3 is 0 Å². The summed E-state index contributed by atoms with van der Waals surface area (Å²) in [6, 6.07) is 5.32. The summed E-state index contributed by atoms with van der Waals surface area (Å²) in [5.41, 5.74) is 9.22. The van der Waals surface area contributed by atoms with E-state index in [1.165, 1.54) is 0 Å². The molecule has 0 aliphatic carbocycles. The highest BCUT2D eigenvalue weighted by molar-refractivity contribution is 6.07. The number of para-hydroxylation sites is 1. The maximum absolute atomic E-state index is 12.1. The van der Waals surface area contributed by atoms with Crippen molar-refractivity contribution < 1.29 is 9.32 Å². The van der Waals surface area contributed by atoms with Crippen molar-refractivity contribution >= 4 is 17.5 Å². The first-order valence-corrected chi connectivity index (χ1v) is 5.60. The third-order valence-electron chi connectivity index (χ3n) is 2.95. The van der Waals surface area contributed by atoms with Crippen molar-refractivity contribution in [2.24, 2.45) is 0 Å². The fraction of sp³-hybridized carbons (Fsp3) is 0.231. The van der Waals surface area contributed by atoms with Crippen molar-refractivity contribution in [3.05, 3.63) is 40.6 Å². The highest BCUT2D eigenvalue weighted by atomic mass is 16.5. The van der Waals surface area contributed by atoms with Crippen LogP contribution in [0.5, 0.6) is 0 Å². The summed E-state index contributed by atoms with van der Waals surface area (Å²) >= 11 is 0. The monoisotopic (exact) mass is 245 g/mol. The van der Waals surface area contributed by atoms with E-state index in [1.807, 2.05) is 26.8 Å². The van der Waals surface area contributed by atoms with E-state index in [4.69, 9.17) is 10.3 Å². The van der Waals surface area contributed by atoms with E-state index < -0.39 is 0 Å². The van der Waals surface area contributed by atoms with E-state index in [1.54, 1.807) is 12.1 Å². The molecular formula is C13H15N3O2. The number of nitrogens with two attached hydrogens (primary N) is 1. The van der Waals surface area contributed by atoms with Gasteiger partial charge in [0.15, 0.2) is 0 Å². The number of aryl methyl sites for hydroxylation is 2. The number of amides is 1. The van der Waals surface area contributed by atoms with Gasteiger partial charge < -0.3 is 10.3 Å². The van der Waals surface area contributed by atoms with Gasteiger partial charge in [-0.1, -0.05) is 17.3 Å². The second kappa shape index (κ2) is 4.52. The average Bonchev–Trinajstić information content (AvgIpc) is 2.64. The Morgan fingerprint density at radius 3 is 2.67 bits per heavy atom. The van der Waals surface area contributed by atoms with Crippen LogP contribution in [0.15, 0.2) is 22.7 Å². The van der Waals surface area contributed by atoms with Crippen molar-refractivity contribution in [2.75, 3.05) is 11.1 Å². The normalized spacial score (nSPS) is 10.4. The summed E-state index contributed by atoms with van der Waals surface area (Å²) in [7, 11) is 0. The molecule has 1 heterocycles. The molecule has 2 aromatic rings. The third kappa shape index (κ3) is 2.07. The predicted molar refractivity (Wildman–Crippen MR) is 69.5 cm³/mol. The molecule has 0 spiro atoms. The fourth-order valence-electron chi connectivity index (χ4n) is 1.58. The van der Waals surface area contributed by atoms with E-state index in [0.717, 1.165) is 16.8 Å². The molecule has 3 N–H and O–H groups in total. The Balaban J connectivity index is 2.28. The van der Waals surface area contributed by atoms with E-state index in [-0.39, 0.29) is 5.91 Å². The first kappa shape index (κ1) is 12.2. The van der Waals surface area contributed by atoms with Crippen LogP contribution < -0.4 is 11.1 Å². The SMILES string of the molecule is Cc1cccc(C(=O)Nc2onc(C)c2C)c1N. The molecule has 0 aliphatic rings. The fourth-order valence-corrected chi connectivity index (χ4v) is 1.58. The Kier molecular flexibility index (Phi) is 3.06. The van der Waals surface area contributed by atoms with Gasteiger partial charge in [0.2, 0.25) is 5.88 Å². The number of nitrogens with zero attached hydrogens (tertiary/aromatic N) is 1. The smallest absolute Gasteiger partial charge is 0.260 e. The molecule has 5 nitrogen and oxygen atoms in total. The van der Waals surface area contributed by atoms with Gasteiger partial charge in [0.05, 0.1) is 11.3 Å². The van der Waals surface area contributed by atoms with Crippen LogP contribution in [0.1, 0.15) is 27.2 Å². The van der Waals surface area contributed by atoms with Crippen LogP contribution in [0.2, 0.25) is 0 Å². The van der Waals surface area contributed by atoms with Crippen molar-refractivity contribution in [1.29, 1.82) is 0 Å². The molecule has 94 valence electrons. The largest absolute Gasteiger partial charge is 0.398 e. The number of nitrogen functional groups attached to an aromatic ring is 1. The number of benzene rings is 1. The minimum Gasteiger partial charge on any atom is -0.398 e. The van der Waals surface area contributed by atoms with Crippen LogP contribution in [0.4, 0.5) is 11.6 Å². The lowest BCUT2D eigenvalue weighted by Gasteiger charge is -2.07. The van der Waals surface area contributed by atoms with Crippen LogP contribution in [0.25, 0.3) is 0 Å². The molecule has 1 aromatic heterocycles. The minimum atomic E-state index is -0.296. The summed E-state index contributed by atoms with van der Waals surface area (Å²) in [6.45, 7) is 5.51. The van der Waals surface area contributed by atoms with Gasteiger partial charge in [-0.05, 0) is 32.4 Å². The Bertz CT molecular complexity index is 602. The molecule has 0 radical (unpaired) electrons. The highest BCUT2D eigenvalue weighted by Gasteiger charge is 2.15. The number of anilines is 2. The van der Waals surface area contributed by atoms with Gasteiger partial charge in [0.25, 0.3) is 5.91 Å². The number of hydrogen-bond donors (Lipinski definition) is 2. The molecule has 0 unspecified atom stereocenters. The van der Waals surface area contributed by atoms with Crippen LogP contribution in [-0.4, -0.2) is 11.1 Å². The molecule has 0 aliphatic heterocycles. The quantitative estimate of drug-likeness (QED) is 0.796. The van der Waals surface area contributed by atoms with Gasteiger partial charge in [-0.2, -0.15) is 0 Å². The summed E-state index contributed by atoms with van der Waals surface area (Å²) in [6.07, 6.45) is 0. The standard InChI is InChI=1S/C13H15N3O2/c1-7-5-4-6-10(11(7)14)12(17)15-13-8(2)9(3)16-18-13/h4-6H,14H2,1-3H3,(H,15,17). The van der Waals surface area contributed by atoms with Crippen molar-refractivity contribution in [2.45, 2.75) is 20.8 Å². The number of nitrogens with one attached hydrogen (secondary N) is 1. The van der Waals surface area contributed by atoms with Crippen LogP contribution >= 0.6 is 0 Å². The Labute approximate surface area is 105 Å². The van der Waals surface area contributed by atoms with Gasteiger partial charge in [0.1, 0.15) is 0 Å². The van der Waals surface area contributed by atoms with Crippen LogP contribution in [0, 0.1) is 20.8 Å². The molecule has 1 aromatic carbocycles. The minimum absolute atomic E-state index is 0.296. The molecule has 18 heavy (non-hydrogen) atoms. The van der Waals surface area contributed by atoms with Gasteiger partial charge in [-0.15, -0.1) is 0 Å². The zero-order valence-electron chi connectivity index (χ0n) is 10.6. The zero-order valence-corrected chi connectivity index (χ0v) is 10.6.